The molecule has 5 fully saturated rings. The predicted octanol–water partition coefficient (Wildman–Crippen LogP) is 4.60. The molecule has 1 aliphatic heterocycles. The van der Waals surface area contributed by atoms with Gasteiger partial charge in [0.2, 0.25) is 0 Å². The second-order valence-electron chi connectivity index (χ2n) is 18.3. The fourth-order valence-electron chi connectivity index (χ4n) is 12.3. The van der Waals surface area contributed by atoms with Crippen molar-refractivity contribution < 1.29 is 49.3 Å². The third-order valence-corrected chi connectivity index (χ3v) is 15.9. The van der Waals surface area contributed by atoms with Gasteiger partial charge >= 0.3 is 11.9 Å². The van der Waals surface area contributed by atoms with Crippen LogP contribution in [0.1, 0.15) is 113 Å². The monoisotopic (exact) mass is 676 g/mol. The summed E-state index contributed by atoms with van der Waals surface area (Å²) in [5, 5.41) is 53.4. The lowest BCUT2D eigenvalue weighted by Crippen LogP contribution is -2.70. The second kappa shape index (κ2) is 11.7. The first-order chi connectivity index (χ1) is 22.2. The zero-order valence-electron chi connectivity index (χ0n) is 30.2. The van der Waals surface area contributed by atoms with Crippen molar-refractivity contribution in [2.45, 2.75) is 156 Å². The molecule has 0 radical (unpaired) electrons. The van der Waals surface area contributed by atoms with E-state index in [-0.39, 0.29) is 53.0 Å². The highest BCUT2D eigenvalue weighted by Crippen LogP contribution is 2.76. The molecular weight excluding hydrogens is 616 g/mol. The van der Waals surface area contributed by atoms with Gasteiger partial charge in [-0.25, -0.2) is 0 Å². The number of aliphatic hydroxyl groups is 4. The highest BCUT2D eigenvalue weighted by molar-refractivity contribution is 5.74. The largest absolute Gasteiger partial charge is 0.481 e. The van der Waals surface area contributed by atoms with E-state index in [0.717, 1.165) is 38.5 Å². The second-order valence-corrected chi connectivity index (χ2v) is 18.3. The first-order valence-electron chi connectivity index (χ1n) is 18.3. The summed E-state index contributed by atoms with van der Waals surface area (Å²) < 4.78 is 18.1. The van der Waals surface area contributed by atoms with Crippen molar-refractivity contribution in [1.82, 2.24) is 0 Å². The van der Waals surface area contributed by atoms with Crippen LogP contribution in [0.4, 0.5) is 0 Å². The fourth-order valence-corrected chi connectivity index (χ4v) is 12.3. The number of esters is 1. The Kier molecular flexibility index (Phi) is 8.86. The Hall–Kier alpha value is -1.56. The van der Waals surface area contributed by atoms with Crippen molar-refractivity contribution in [2.24, 2.45) is 50.2 Å². The Morgan fingerprint density at radius 3 is 2.23 bits per heavy atom. The lowest BCUT2D eigenvalue weighted by Gasteiger charge is -2.72. The molecule has 0 unspecified atom stereocenters. The van der Waals surface area contributed by atoms with Crippen LogP contribution in [0, 0.1) is 50.2 Å². The molecule has 4 saturated carbocycles. The maximum atomic E-state index is 12.6. The van der Waals surface area contributed by atoms with Crippen LogP contribution < -0.4 is 0 Å². The zero-order valence-corrected chi connectivity index (χ0v) is 30.2. The number of ether oxygens (including phenoxy) is 3. The number of rotatable bonds is 5. The first-order valence-corrected chi connectivity index (χ1v) is 18.3. The SMILES string of the molecule is CC(=O)O[C@H]1C[C@H](O)[C@@](C)(CO[C@@H]2O[C@@H](C)[C@H](O)[C@@H](O)[C@H]2O)[C@@H]2CC[C@]3(C)[C@H](CC=C4[C@@H]5C[C@](C)(C(=O)O)CC[C@]5(C)CC[C@]43C)[C@@]12C. The van der Waals surface area contributed by atoms with Gasteiger partial charge in [0, 0.05) is 24.2 Å². The Balaban J connectivity index is 1.37. The third-order valence-electron chi connectivity index (χ3n) is 15.9. The van der Waals surface area contributed by atoms with Crippen LogP contribution in [-0.2, 0) is 23.8 Å². The van der Waals surface area contributed by atoms with Crippen LogP contribution in [0.2, 0.25) is 0 Å². The molecule has 10 nitrogen and oxygen atoms in total. The van der Waals surface area contributed by atoms with Crippen molar-refractivity contribution in [3.05, 3.63) is 11.6 Å². The van der Waals surface area contributed by atoms with Crippen molar-refractivity contribution >= 4 is 11.9 Å². The van der Waals surface area contributed by atoms with Crippen molar-refractivity contribution in [3.8, 4) is 0 Å². The van der Waals surface area contributed by atoms with Crippen LogP contribution in [0.25, 0.3) is 0 Å². The maximum Gasteiger partial charge on any atom is 0.309 e. The number of hydrogen-bond acceptors (Lipinski definition) is 9. The molecule has 1 saturated heterocycles. The normalized spacial score (nSPS) is 54.9. The highest BCUT2D eigenvalue weighted by atomic mass is 16.7. The molecule has 1 heterocycles. The standard InChI is InChI=1S/C38H60O10/c1-20-28(41)29(42)30(43)31(47-20)46-19-35(5)24-11-12-37(7)25(38(24,8)27(17-26(35)40)48-21(2)39)10-9-22-23-18-34(4,32(44)45)14-13-33(23,3)15-16-36(22,37)6/h9,20,23-31,40-43H,10-19H2,1-8H3,(H,44,45)/t20-,23-,24-,25-,26-,27-,28-,29+,30+,31+,33+,34+,35-,36+,37+,38-/m0/s1. The predicted molar refractivity (Wildman–Crippen MR) is 176 cm³/mol. The highest BCUT2D eigenvalue weighted by Gasteiger charge is 2.71. The molecule has 0 aromatic carbocycles. The maximum absolute atomic E-state index is 12.6. The minimum Gasteiger partial charge on any atom is -0.481 e. The van der Waals surface area contributed by atoms with Crippen LogP contribution in [0.3, 0.4) is 0 Å². The summed E-state index contributed by atoms with van der Waals surface area (Å²) in [7, 11) is 0. The molecular formula is C38H60O10. The molecule has 0 aromatic rings. The van der Waals surface area contributed by atoms with E-state index in [2.05, 4.69) is 33.8 Å². The van der Waals surface area contributed by atoms with Crippen molar-refractivity contribution in [1.29, 1.82) is 0 Å². The van der Waals surface area contributed by atoms with Gasteiger partial charge in [-0.2, -0.15) is 0 Å². The lowest BCUT2D eigenvalue weighted by molar-refractivity contribution is -0.314. The Morgan fingerprint density at radius 2 is 1.58 bits per heavy atom. The van der Waals surface area contributed by atoms with Gasteiger partial charge < -0.3 is 39.7 Å². The number of carboxylic acid groups (broad SMARTS) is 1. The Labute approximate surface area is 285 Å². The number of carboxylic acids is 1. The molecule has 272 valence electrons. The number of carbonyl (C=O) groups excluding carboxylic acids is 1. The third kappa shape index (κ3) is 5.01. The number of fused-ring (bicyclic) bond motifs is 7. The Morgan fingerprint density at radius 1 is 0.917 bits per heavy atom. The van der Waals surface area contributed by atoms with Gasteiger partial charge in [-0.05, 0) is 99.2 Å². The zero-order chi connectivity index (χ0) is 35.4. The van der Waals surface area contributed by atoms with E-state index in [9.17, 15) is 35.1 Å². The van der Waals surface area contributed by atoms with Gasteiger partial charge in [-0.15, -0.1) is 0 Å². The van der Waals surface area contributed by atoms with Gasteiger partial charge in [0.15, 0.2) is 6.29 Å². The van der Waals surface area contributed by atoms with E-state index >= 15 is 0 Å². The molecule has 0 aromatic heterocycles. The number of aliphatic carboxylic acids is 1. The molecule has 5 N–H and O–H groups in total. The van der Waals surface area contributed by atoms with Crippen molar-refractivity contribution in [3.63, 3.8) is 0 Å². The quantitative estimate of drug-likeness (QED) is 0.206. The average Bonchev–Trinajstić information content (AvgIpc) is 3.01. The molecule has 6 rings (SSSR count). The van der Waals surface area contributed by atoms with Crippen LogP contribution in [-0.4, -0.2) is 87.0 Å². The van der Waals surface area contributed by atoms with E-state index in [1.54, 1.807) is 6.92 Å². The smallest absolute Gasteiger partial charge is 0.309 e. The fraction of sp³-hybridized carbons (Fsp3) is 0.895. The Bertz CT molecular complexity index is 1330. The minimum absolute atomic E-state index is 0.0501. The molecule has 16 atom stereocenters. The first kappa shape index (κ1) is 36.2. The molecule has 0 amide bonds. The van der Waals surface area contributed by atoms with Gasteiger partial charge in [-0.3, -0.25) is 9.59 Å². The summed E-state index contributed by atoms with van der Waals surface area (Å²) in [4.78, 5) is 25.1. The van der Waals surface area contributed by atoms with Gasteiger partial charge in [0.05, 0.1) is 24.2 Å². The minimum atomic E-state index is -1.45. The summed E-state index contributed by atoms with van der Waals surface area (Å²) in [6.07, 6.45) is 2.04. The van der Waals surface area contributed by atoms with E-state index in [1.165, 1.54) is 12.5 Å². The van der Waals surface area contributed by atoms with E-state index < -0.39 is 65.1 Å². The molecule has 0 spiro atoms. The van der Waals surface area contributed by atoms with Gasteiger partial charge in [-0.1, -0.05) is 46.3 Å². The summed E-state index contributed by atoms with van der Waals surface area (Å²) in [5.41, 5.74) is -0.893. The number of hydrogen-bond donors (Lipinski definition) is 5. The van der Waals surface area contributed by atoms with Crippen LogP contribution in [0.5, 0.6) is 0 Å². The number of allylic oxidation sites excluding steroid dienone is 2. The summed E-state index contributed by atoms with van der Waals surface area (Å²) >= 11 is 0. The molecule has 5 aliphatic carbocycles. The number of carbonyl (C=O) groups is 2. The summed E-state index contributed by atoms with van der Waals surface area (Å²) in [6, 6.07) is 0. The average molecular weight is 677 g/mol. The van der Waals surface area contributed by atoms with Crippen LogP contribution >= 0.6 is 0 Å². The van der Waals surface area contributed by atoms with Gasteiger partial charge in [0.1, 0.15) is 24.4 Å². The summed E-state index contributed by atoms with van der Waals surface area (Å²) in [6.45, 7) is 16.5. The van der Waals surface area contributed by atoms with E-state index in [1.807, 2.05) is 13.8 Å². The number of aliphatic hydroxyl groups excluding tert-OH is 4. The lowest BCUT2D eigenvalue weighted by atomic mass is 9.33. The topological polar surface area (TPSA) is 163 Å². The molecule has 0 bridgehead atoms. The van der Waals surface area contributed by atoms with E-state index in [4.69, 9.17) is 14.2 Å². The molecule has 10 heteroatoms. The summed E-state index contributed by atoms with van der Waals surface area (Å²) in [5.74, 6) is -0.878. The molecule has 48 heavy (non-hydrogen) atoms. The van der Waals surface area contributed by atoms with E-state index in [0.29, 0.717) is 12.8 Å². The van der Waals surface area contributed by atoms with Crippen LogP contribution in [0.15, 0.2) is 11.6 Å². The molecule has 6 aliphatic rings. The van der Waals surface area contributed by atoms with Crippen molar-refractivity contribution in [2.75, 3.05) is 6.61 Å². The van der Waals surface area contributed by atoms with Gasteiger partial charge in [0.25, 0.3) is 0 Å².